The molecule has 8 nitrogen and oxygen atoms in total. The topological polar surface area (TPSA) is 110 Å². The van der Waals surface area contributed by atoms with Crippen LogP contribution >= 0.6 is 46.2 Å². The van der Waals surface area contributed by atoms with E-state index >= 15 is 0 Å². The molecule has 2 aromatic rings. The van der Waals surface area contributed by atoms with Gasteiger partial charge < -0.3 is 5.32 Å². The van der Waals surface area contributed by atoms with Crippen LogP contribution in [0.15, 0.2) is 8.68 Å². The molecule has 2 N–H and O–H groups in total. The fourth-order valence-corrected chi connectivity index (χ4v) is 4.82. The Kier molecular flexibility index (Phi) is 8.06. The Morgan fingerprint density at radius 2 is 1.52 bits per heavy atom. The van der Waals surface area contributed by atoms with Crippen LogP contribution in [-0.4, -0.2) is 43.7 Å². The van der Waals surface area contributed by atoms with Gasteiger partial charge in [-0.1, -0.05) is 67.0 Å². The van der Waals surface area contributed by atoms with Crippen molar-refractivity contribution in [2.45, 2.75) is 35.9 Å². The zero-order valence-corrected chi connectivity index (χ0v) is 17.2. The first-order chi connectivity index (χ1) is 12.0. The summed E-state index contributed by atoms with van der Waals surface area (Å²) in [5.41, 5.74) is 0. The predicted molar refractivity (Wildman–Crippen MR) is 104 cm³/mol. The average molecular weight is 419 g/mol. The third-order valence-corrected chi connectivity index (χ3v) is 6.32. The van der Waals surface area contributed by atoms with Gasteiger partial charge in [0.15, 0.2) is 8.68 Å². The Bertz CT molecular complexity index is 717. The number of aromatic nitrogens is 4. The fraction of sp³-hybridized carbons (Fsp3) is 0.538. The monoisotopic (exact) mass is 418 g/mol. The van der Waals surface area contributed by atoms with Crippen LogP contribution in [0.25, 0.3) is 0 Å². The number of carbonyl (C=O) groups excluding carboxylic acids is 2. The van der Waals surface area contributed by atoms with Crippen LogP contribution < -0.4 is 10.6 Å². The van der Waals surface area contributed by atoms with Gasteiger partial charge in [0.25, 0.3) is 0 Å². The van der Waals surface area contributed by atoms with Gasteiger partial charge in [0.2, 0.25) is 22.1 Å². The minimum atomic E-state index is -0.185. The van der Waals surface area contributed by atoms with Crippen molar-refractivity contribution in [3.8, 4) is 0 Å². The molecule has 2 heterocycles. The summed E-state index contributed by atoms with van der Waals surface area (Å²) in [6, 6.07) is 0. The van der Waals surface area contributed by atoms with Crippen molar-refractivity contribution in [1.82, 2.24) is 20.4 Å². The maximum Gasteiger partial charge on any atom is 0.236 e. The Hall–Kier alpha value is -1.24. The molecule has 0 aromatic carbocycles. The average Bonchev–Trinajstić information content (AvgIpc) is 3.14. The number of carbonyl (C=O) groups is 2. The van der Waals surface area contributed by atoms with E-state index in [9.17, 15) is 9.59 Å². The lowest BCUT2D eigenvalue weighted by Gasteiger charge is -2.02. The van der Waals surface area contributed by atoms with Crippen molar-refractivity contribution in [2.24, 2.45) is 5.92 Å². The zero-order valence-electron chi connectivity index (χ0n) is 13.9. The van der Waals surface area contributed by atoms with Crippen molar-refractivity contribution in [1.29, 1.82) is 0 Å². The summed E-state index contributed by atoms with van der Waals surface area (Å²) in [7, 11) is 0. The highest BCUT2D eigenvalue weighted by molar-refractivity contribution is 8.01. The molecule has 0 unspecified atom stereocenters. The van der Waals surface area contributed by atoms with Crippen molar-refractivity contribution in [3.05, 3.63) is 0 Å². The first kappa shape index (κ1) is 20.1. The van der Waals surface area contributed by atoms with Gasteiger partial charge in [-0.2, -0.15) is 0 Å². The van der Waals surface area contributed by atoms with E-state index < -0.39 is 0 Å². The van der Waals surface area contributed by atoms with Crippen molar-refractivity contribution < 1.29 is 9.59 Å². The van der Waals surface area contributed by atoms with Gasteiger partial charge in [0.1, 0.15) is 0 Å². The van der Waals surface area contributed by atoms with Gasteiger partial charge >= 0.3 is 0 Å². The molecule has 2 rings (SSSR count). The number of hydrogen-bond acceptors (Lipinski definition) is 10. The fourth-order valence-electron chi connectivity index (χ4n) is 1.58. The lowest BCUT2D eigenvalue weighted by molar-refractivity contribution is -0.117. The Morgan fingerprint density at radius 1 is 0.960 bits per heavy atom. The van der Waals surface area contributed by atoms with Crippen LogP contribution in [0.4, 0.5) is 10.3 Å². The molecular weight excluding hydrogens is 400 g/mol. The summed E-state index contributed by atoms with van der Waals surface area (Å²) in [6.07, 6.45) is 0.435. The van der Waals surface area contributed by atoms with E-state index in [1.807, 2.05) is 20.8 Å². The molecule has 12 heteroatoms. The lowest BCUT2D eigenvalue weighted by Crippen LogP contribution is -2.13. The molecule has 0 atom stereocenters. The van der Waals surface area contributed by atoms with Crippen LogP contribution in [0.2, 0.25) is 0 Å². The molecule has 0 bridgehead atoms. The largest absolute Gasteiger partial charge is 0.300 e. The van der Waals surface area contributed by atoms with E-state index in [1.54, 1.807) is 11.8 Å². The van der Waals surface area contributed by atoms with E-state index in [4.69, 9.17) is 0 Å². The summed E-state index contributed by atoms with van der Waals surface area (Å²) in [4.78, 5) is 23.6. The summed E-state index contributed by atoms with van der Waals surface area (Å²) in [6.45, 7) is 5.98. The summed E-state index contributed by atoms with van der Waals surface area (Å²) in [5, 5.41) is 22.1. The summed E-state index contributed by atoms with van der Waals surface area (Å²) in [5.74, 6) is 1.10. The Morgan fingerprint density at radius 3 is 2.08 bits per heavy atom. The van der Waals surface area contributed by atoms with E-state index in [0.717, 1.165) is 10.1 Å². The van der Waals surface area contributed by atoms with Gasteiger partial charge in [0, 0.05) is 6.42 Å². The lowest BCUT2D eigenvalue weighted by atomic mass is 10.1. The molecule has 0 spiro atoms. The SMILES string of the molecule is CCSc1nnc(NC(=O)CSc2nnc(NC(=O)CC(C)C)s2)s1. The van der Waals surface area contributed by atoms with Gasteiger partial charge in [-0.25, -0.2) is 0 Å². The van der Waals surface area contributed by atoms with E-state index in [1.165, 1.54) is 34.4 Å². The van der Waals surface area contributed by atoms with Crippen molar-refractivity contribution in [3.63, 3.8) is 0 Å². The minimum absolute atomic E-state index is 0.0857. The molecule has 25 heavy (non-hydrogen) atoms. The third kappa shape index (κ3) is 7.26. The number of nitrogens with zero attached hydrogens (tertiary/aromatic N) is 4. The number of hydrogen-bond donors (Lipinski definition) is 2. The van der Waals surface area contributed by atoms with E-state index in [0.29, 0.717) is 21.0 Å². The zero-order chi connectivity index (χ0) is 18.2. The highest BCUT2D eigenvalue weighted by Crippen LogP contribution is 2.27. The summed E-state index contributed by atoms with van der Waals surface area (Å²) < 4.78 is 1.45. The molecule has 136 valence electrons. The second kappa shape index (κ2) is 10.0. The number of thioether (sulfide) groups is 2. The molecule has 0 saturated heterocycles. The number of anilines is 2. The second-order valence-corrected chi connectivity index (χ2v) is 9.85. The highest BCUT2D eigenvalue weighted by atomic mass is 32.2. The van der Waals surface area contributed by atoms with E-state index in [-0.39, 0.29) is 23.5 Å². The molecule has 0 radical (unpaired) electrons. The standard InChI is InChI=1S/C13H18N6O2S4/c1-4-22-12-18-17-11(24-12)15-9(21)6-23-13-19-16-10(25-13)14-8(20)5-7(2)3/h7H,4-6H2,1-3H3,(H,14,16,20)(H,15,17,21). The molecule has 0 aliphatic heterocycles. The molecular formula is C13H18N6O2S4. The molecule has 2 aromatic heterocycles. The van der Waals surface area contributed by atoms with Crippen LogP contribution in [-0.2, 0) is 9.59 Å². The maximum atomic E-state index is 11.9. The maximum absolute atomic E-state index is 11.9. The molecule has 0 saturated carbocycles. The predicted octanol–water partition coefficient (Wildman–Crippen LogP) is 3.22. The Labute approximate surface area is 162 Å². The van der Waals surface area contributed by atoms with Crippen molar-refractivity contribution >= 4 is 68.3 Å². The molecule has 0 aliphatic carbocycles. The first-order valence-corrected chi connectivity index (χ1v) is 11.1. The number of amides is 2. The smallest absolute Gasteiger partial charge is 0.236 e. The van der Waals surface area contributed by atoms with Gasteiger partial charge in [-0.15, -0.1) is 20.4 Å². The molecule has 0 fully saturated rings. The molecule has 0 aliphatic rings. The normalized spacial score (nSPS) is 10.9. The van der Waals surface area contributed by atoms with Crippen molar-refractivity contribution in [2.75, 3.05) is 22.1 Å². The first-order valence-electron chi connectivity index (χ1n) is 7.48. The Balaban J connectivity index is 1.76. The van der Waals surface area contributed by atoms with Crippen LogP contribution in [0.1, 0.15) is 27.2 Å². The number of rotatable bonds is 9. The van der Waals surface area contributed by atoms with Gasteiger partial charge in [-0.05, 0) is 11.7 Å². The van der Waals surface area contributed by atoms with Crippen LogP contribution in [0.5, 0.6) is 0 Å². The third-order valence-electron chi connectivity index (χ3n) is 2.49. The van der Waals surface area contributed by atoms with Crippen LogP contribution in [0.3, 0.4) is 0 Å². The van der Waals surface area contributed by atoms with E-state index in [2.05, 4.69) is 31.0 Å². The summed E-state index contributed by atoms with van der Waals surface area (Å²) >= 11 is 5.44. The number of nitrogens with one attached hydrogen (secondary N) is 2. The molecule has 2 amide bonds. The minimum Gasteiger partial charge on any atom is -0.300 e. The quantitative estimate of drug-likeness (QED) is 0.472. The second-order valence-electron chi connectivity index (χ2n) is 5.16. The van der Waals surface area contributed by atoms with Gasteiger partial charge in [0.05, 0.1) is 5.75 Å². The highest BCUT2D eigenvalue weighted by Gasteiger charge is 2.13. The van der Waals surface area contributed by atoms with Gasteiger partial charge in [-0.3, -0.25) is 14.9 Å². The van der Waals surface area contributed by atoms with Crippen LogP contribution in [0, 0.1) is 5.92 Å².